The predicted octanol–water partition coefficient (Wildman–Crippen LogP) is 28.2. The lowest BCUT2D eigenvalue weighted by molar-refractivity contribution is 0.380. The molecule has 20 rings (SSSR count). The van der Waals surface area contributed by atoms with Crippen molar-refractivity contribution < 1.29 is 62.2 Å². The maximum absolute atomic E-state index is 17.7. The Morgan fingerprint density at radius 3 is 0.706 bits per heavy atom. The molecule has 0 heterocycles. The van der Waals surface area contributed by atoms with E-state index in [1.54, 1.807) is 158 Å². The van der Waals surface area contributed by atoms with Crippen LogP contribution < -0.4 is 19.3 Å². The Hall–Kier alpha value is -14.6. The van der Waals surface area contributed by atoms with E-state index >= 15 is 52.7 Å². The van der Waals surface area contributed by atoms with Crippen LogP contribution in [-0.4, -0.2) is 0 Å². The summed E-state index contributed by atoms with van der Waals surface area (Å²) in [7, 11) is 0. The third-order valence-electron chi connectivity index (χ3n) is 23.8. The molecule has 2 unspecified atom stereocenters. The Labute approximate surface area is 674 Å². The van der Waals surface area contributed by atoms with Crippen molar-refractivity contribution in [1.82, 2.24) is 0 Å². The SMILES string of the molecule is C=Cc1ccc(Oc2ccc(C3(c4ccc(F)cc4)c4ccccc4-c4ccc(N(c5ccc6c(c5)C5(c7ccccc7-6)c6ccccc6-c6ccc(N(c7ccc8c(c7)C(c7ccc(F)cc7)(c7ccc(Oc9ccc(C=C)cc9)cc7)c7ccccc7-8)c7c(F)c(F)c(F)c(F)c7F)cc65)c5c(F)c(F)c(F)c(F)c5F)cc43)cc2)cc1. The van der Waals surface area contributed by atoms with Gasteiger partial charge in [-0.05, 0) is 244 Å². The van der Waals surface area contributed by atoms with Gasteiger partial charge in [0.1, 0.15) is 46.0 Å². The second-order valence-corrected chi connectivity index (χ2v) is 29.7. The molecule has 1 spiro atoms. The molecule has 0 aliphatic heterocycles. The van der Waals surface area contributed by atoms with E-state index in [1.165, 1.54) is 48.5 Å². The van der Waals surface area contributed by atoms with Crippen LogP contribution in [0.3, 0.4) is 0 Å². The van der Waals surface area contributed by atoms with Crippen LogP contribution in [0.15, 0.2) is 329 Å². The molecule has 0 N–H and O–H groups in total. The summed E-state index contributed by atoms with van der Waals surface area (Å²) >= 11 is 0. The van der Waals surface area contributed by atoms with E-state index in [2.05, 4.69) is 13.2 Å². The van der Waals surface area contributed by atoms with Crippen LogP contribution in [0.1, 0.15) is 77.9 Å². The van der Waals surface area contributed by atoms with Gasteiger partial charge in [-0.25, -0.2) is 52.7 Å². The maximum atomic E-state index is 17.7. The molecule has 16 aromatic rings. The largest absolute Gasteiger partial charge is 0.457 e. The first-order chi connectivity index (χ1) is 57.9. The van der Waals surface area contributed by atoms with Gasteiger partial charge in [-0.2, -0.15) is 0 Å². The van der Waals surface area contributed by atoms with Crippen molar-refractivity contribution in [3.8, 4) is 67.5 Å². The topological polar surface area (TPSA) is 24.9 Å². The minimum Gasteiger partial charge on any atom is -0.457 e. The van der Waals surface area contributed by atoms with Crippen LogP contribution in [-0.2, 0) is 16.2 Å². The van der Waals surface area contributed by atoms with Crippen molar-refractivity contribution >= 4 is 46.3 Å². The number of hydrogen-bond donors (Lipinski definition) is 0. The summed E-state index contributed by atoms with van der Waals surface area (Å²) in [6.45, 7) is 7.69. The van der Waals surface area contributed by atoms with E-state index in [0.29, 0.717) is 134 Å². The molecular formula is C103H58F12N2O2. The normalized spacial score (nSPS) is 15.9. The molecule has 0 saturated heterocycles. The van der Waals surface area contributed by atoms with Crippen molar-refractivity contribution in [1.29, 1.82) is 0 Å². The summed E-state index contributed by atoms with van der Waals surface area (Å²) in [5.74, 6) is -21.7. The van der Waals surface area contributed by atoms with Crippen LogP contribution in [0.2, 0.25) is 0 Å². The van der Waals surface area contributed by atoms with Crippen molar-refractivity contribution in [3.63, 3.8) is 0 Å². The third-order valence-corrected chi connectivity index (χ3v) is 23.8. The quantitative estimate of drug-likeness (QED) is 0.0547. The summed E-state index contributed by atoms with van der Waals surface area (Å²) in [4.78, 5) is 1.93. The van der Waals surface area contributed by atoms with Crippen molar-refractivity contribution in [3.05, 3.63) is 476 Å². The summed E-state index contributed by atoms with van der Waals surface area (Å²) < 4.78 is 212. The minimum atomic E-state index is -2.41. The van der Waals surface area contributed by atoms with Gasteiger partial charge in [0.15, 0.2) is 46.5 Å². The van der Waals surface area contributed by atoms with Gasteiger partial charge in [-0.1, -0.05) is 219 Å². The third kappa shape index (κ3) is 10.8. The standard InChI is InChI=1S/C103H58F12N2O2/c1-3-57-21-41-69(42-22-57)118-71-45-29-61(30-46-71)101(59-25-33-63(104)34-26-59)81-17-9-5-13-73(81)77-49-37-65(53-85(77)101)116(99-95(112)91(108)89(106)92(109)96(99)113)67-39-51-79-75-15-7-11-19-83(75)103(87(79)55-67)84-20-12-8-16-76(84)80-52-40-68(56-88(80)103)117(100-97(114)93(110)90(107)94(111)98(100)115)66-38-50-78-74-14-6-10-18-82(74)102(86(78)54-66,60-27-35-64(105)36-28-60)62-31-47-72(48-32-62)119-70-43-23-58(4-2)24-44-70/h3-56H,1-2H2. The molecule has 2 atom stereocenters. The minimum absolute atomic E-state index is 0.107. The number of rotatable bonds is 16. The van der Waals surface area contributed by atoms with Crippen LogP contribution in [0.25, 0.3) is 56.7 Å². The number of halogens is 12. The number of fused-ring (bicyclic) bond motifs is 16. The second-order valence-electron chi connectivity index (χ2n) is 29.7. The molecule has 0 fully saturated rings. The van der Waals surface area contributed by atoms with Gasteiger partial charge in [0, 0.05) is 22.7 Å². The average Bonchev–Trinajstić information content (AvgIpc) is 1.51. The van der Waals surface area contributed by atoms with Gasteiger partial charge < -0.3 is 19.3 Å². The first-order valence-electron chi connectivity index (χ1n) is 38.0. The smallest absolute Gasteiger partial charge is 0.200 e. The molecule has 0 aromatic heterocycles. The molecule has 0 bridgehead atoms. The average molecular weight is 1580 g/mol. The van der Waals surface area contributed by atoms with E-state index in [-0.39, 0.29) is 22.7 Å². The molecule has 4 aliphatic carbocycles. The summed E-state index contributed by atoms with van der Waals surface area (Å²) in [5, 5.41) is 0. The molecule has 0 amide bonds. The van der Waals surface area contributed by atoms with E-state index in [0.717, 1.165) is 20.9 Å². The molecule has 16 aromatic carbocycles. The summed E-state index contributed by atoms with van der Waals surface area (Å²) in [6, 6.07) is 89.5. The number of benzene rings is 16. The predicted molar refractivity (Wildman–Crippen MR) is 439 cm³/mol. The molecule has 0 saturated carbocycles. The fourth-order valence-corrected chi connectivity index (χ4v) is 18.7. The molecule has 4 aliphatic rings. The number of hydrogen-bond acceptors (Lipinski definition) is 4. The van der Waals surface area contributed by atoms with Crippen LogP contribution >= 0.6 is 0 Å². The van der Waals surface area contributed by atoms with E-state index in [1.807, 2.05) is 121 Å². The van der Waals surface area contributed by atoms with Gasteiger partial charge in [0.2, 0.25) is 11.6 Å². The Kier molecular flexibility index (Phi) is 17.1. The van der Waals surface area contributed by atoms with Crippen LogP contribution in [0, 0.1) is 69.8 Å². The Balaban J connectivity index is 0.802. The zero-order valence-corrected chi connectivity index (χ0v) is 62.3. The fourth-order valence-electron chi connectivity index (χ4n) is 18.7. The number of anilines is 6. The van der Waals surface area contributed by atoms with E-state index in [4.69, 9.17) is 9.47 Å². The monoisotopic (exact) mass is 1580 g/mol. The Morgan fingerprint density at radius 1 is 0.218 bits per heavy atom. The Morgan fingerprint density at radius 2 is 0.437 bits per heavy atom. The lowest BCUT2D eigenvalue weighted by Crippen LogP contribution is -2.29. The van der Waals surface area contributed by atoms with Gasteiger partial charge in [-0.15, -0.1) is 0 Å². The molecule has 576 valence electrons. The van der Waals surface area contributed by atoms with Crippen LogP contribution in [0.4, 0.5) is 86.8 Å². The molecule has 119 heavy (non-hydrogen) atoms. The van der Waals surface area contributed by atoms with Crippen LogP contribution in [0.5, 0.6) is 23.0 Å². The lowest BCUT2D eigenvalue weighted by Gasteiger charge is -2.36. The Bertz CT molecular complexity index is 6460. The highest BCUT2D eigenvalue weighted by atomic mass is 19.2. The van der Waals surface area contributed by atoms with Gasteiger partial charge in [0.05, 0.1) is 16.2 Å². The summed E-state index contributed by atoms with van der Waals surface area (Å²) in [5.41, 5.74) is 5.47. The van der Waals surface area contributed by atoms with Crippen molar-refractivity contribution in [2.75, 3.05) is 9.80 Å². The highest BCUT2D eigenvalue weighted by Gasteiger charge is 2.54. The number of ether oxygens (including phenoxy) is 2. The maximum Gasteiger partial charge on any atom is 0.200 e. The first-order valence-corrected chi connectivity index (χ1v) is 38.0. The second kappa shape index (κ2) is 27.8. The highest BCUT2D eigenvalue weighted by molar-refractivity contribution is 5.99. The number of nitrogens with zero attached hydrogens (tertiary/aromatic N) is 2. The molecular weight excluding hydrogens is 1530 g/mol. The molecule has 4 nitrogen and oxygen atoms in total. The van der Waals surface area contributed by atoms with Gasteiger partial charge in [0.25, 0.3) is 0 Å². The van der Waals surface area contributed by atoms with E-state index in [9.17, 15) is 0 Å². The fraction of sp³-hybridized carbons (Fsp3) is 0.0291. The molecule has 0 radical (unpaired) electrons. The van der Waals surface area contributed by atoms with Gasteiger partial charge in [-0.3, -0.25) is 0 Å². The zero-order valence-electron chi connectivity index (χ0n) is 62.3. The van der Waals surface area contributed by atoms with Gasteiger partial charge >= 0.3 is 0 Å². The van der Waals surface area contributed by atoms with Crippen molar-refractivity contribution in [2.45, 2.75) is 16.2 Å². The summed E-state index contributed by atoms with van der Waals surface area (Å²) in [6.07, 6.45) is 3.41. The zero-order chi connectivity index (χ0) is 81.7. The first kappa shape index (κ1) is 73.3. The van der Waals surface area contributed by atoms with Crippen molar-refractivity contribution in [2.24, 2.45) is 0 Å². The highest BCUT2D eigenvalue weighted by Crippen LogP contribution is 2.66. The van der Waals surface area contributed by atoms with E-state index < -0.39 is 97.4 Å². The lowest BCUT2D eigenvalue weighted by atomic mass is 9.67. The molecule has 16 heteroatoms.